The van der Waals surface area contributed by atoms with Gasteiger partial charge in [0, 0.05) is 45.5 Å². The highest BCUT2D eigenvalue weighted by Crippen LogP contribution is 2.43. The molecular weight excluding hydrogens is 352 g/mol. The number of ether oxygens (including phenoxy) is 1. The maximum Gasteiger partial charge on any atom is 0.227 e. The van der Waals surface area contributed by atoms with Crippen molar-refractivity contribution in [2.45, 2.75) is 52.0 Å². The van der Waals surface area contributed by atoms with Crippen LogP contribution in [0.4, 0.5) is 5.69 Å². The van der Waals surface area contributed by atoms with Crippen LogP contribution in [0.5, 0.6) is 0 Å². The zero-order valence-electron chi connectivity index (χ0n) is 17.3. The third-order valence-electron chi connectivity index (χ3n) is 5.97. The van der Waals surface area contributed by atoms with Crippen molar-refractivity contribution in [3.05, 3.63) is 29.8 Å². The minimum atomic E-state index is 0.225. The van der Waals surface area contributed by atoms with E-state index in [1.807, 2.05) is 17.0 Å². The summed E-state index contributed by atoms with van der Waals surface area (Å²) in [5.41, 5.74) is 2.49. The highest BCUT2D eigenvalue weighted by molar-refractivity contribution is 5.95. The topological polar surface area (TPSA) is 66.0 Å². The molecule has 28 heavy (non-hydrogen) atoms. The molecular formula is C22H34N4O2. The second-order valence-electron chi connectivity index (χ2n) is 7.96. The minimum absolute atomic E-state index is 0.225. The summed E-state index contributed by atoms with van der Waals surface area (Å²) in [5.74, 6) is 1.09. The molecule has 2 fully saturated rings. The third kappa shape index (κ3) is 5.25. The van der Waals surface area contributed by atoms with E-state index in [-0.39, 0.29) is 5.91 Å². The summed E-state index contributed by atoms with van der Waals surface area (Å²) in [6, 6.07) is 8.20. The summed E-state index contributed by atoms with van der Waals surface area (Å²) in [4.78, 5) is 18.5. The van der Waals surface area contributed by atoms with Crippen molar-refractivity contribution in [3.8, 4) is 0 Å². The standard InChI is InChI=1S/C22H34N4O2/c1-3-23-21(25-17-22(11-5-12-22)13-15-28-2)24-16-18-7-9-19(10-8-18)26-14-4-6-20(26)27/h7-10H,3-6,11-17H2,1-2H3,(H2,23,24,25). The Balaban J connectivity index is 1.55. The smallest absolute Gasteiger partial charge is 0.227 e. The molecule has 0 aromatic heterocycles. The van der Waals surface area contributed by atoms with Gasteiger partial charge in [-0.1, -0.05) is 18.6 Å². The number of anilines is 1. The maximum atomic E-state index is 11.9. The second kappa shape index (κ2) is 9.92. The first-order valence-corrected chi connectivity index (χ1v) is 10.6. The van der Waals surface area contributed by atoms with Crippen LogP contribution in [-0.2, 0) is 16.1 Å². The molecule has 1 aliphatic carbocycles. The van der Waals surface area contributed by atoms with Crippen molar-refractivity contribution in [3.63, 3.8) is 0 Å². The molecule has 3 rings (SSSR count). The zero-order valence-corrected chi connectivity index (χ0v) is 17.3. The number of guanidine groups is 1. The van der Waals surface area contributed by atoms with Gasteiger partial charge in [0.2, 0.25) is 5.91 Å². The number of methoxy groups -OCH3 is 1. The fraction of sp³-hybridized carbons (Fsp3) is 0.636. The van der Waals surface area contributed by atoms with E-state index in [1.54, 1.807) is 7.11 Å². The molecule has 1 saturated heterocycles. The van der Waals surface area contributed by atoms with Crippen LogP contribution in [0, 0.1) is 5.41 Å². The molecule has 6 nitrogen and oxygen atoms in total. The van der Waals surface area contributed by atoms with E-state index in [0.717, 1.165) is 56.3 Å². The minimum Gasteiger partial charge on any atom is -0.385 e. The van der Waals surface area contributed by atoms with Crippen LogP contribution in [0.25, 0.3) is 0 Å². The molecule has 1 aromatic rings. The van der Waals surface area contributed by atoms with Crippen LogP contribution in [0.2, 0.25) is 0 Å². The van der Waals surface area contributed by atoms with Gasteiger partial charge in [0.15, 0.2) is 5.96 Å². The summed E-state index contributed by atoms with van der Waals surface area (Å²) in [7, 11) is 1.77. The molecule has 6 heteroatoms. The molecule has 1 heterocycles. The van der Waals surface area contributed by atoms with Crippen LogP contribution >= 0.6 is 0 Å². The molecule has 0 atom stereocenters. The number of benzene rings is 1. The summed E-state index contributed by atoms with van der Waals surface area (Å²) >= 11 is 0. The fourth-order valence-corrected chi connectivity index (χ4v) is 4.00. The summed E-state index contributed by atoms with van der Waals surface area (Å²) in [6.45, 7) is 6.14. The Morgan fingerprint density at radius 2 is 2.00 bits per heavy atom. The average molecular weight is 387 g/mol. The van der Waals surface area contributed by atoms with Crippen molar-refractivity contribution in [1.29, 1.82) is 0 Å². The first-order chi connectivity index (χ1) is 13.7. The summed E-state index contributed by atoms with van der Waals surface area (Å²) in [5, 5.41) is 6.88. The molecule has 0 bridgehead atoms. The van der Waals surface area contributed by atoms with E-state index >= 15 is 0 Å². The molecule has 1 saturated carbocycles. The van der Waals surface area contributed by atoms with E-state index in [2.05, 4.69) is 29.7 Å². The molecule has 2 N–H and O–H groups in total. The summed E-state index contributed by atoms with van der Waals surface area (Å²) < 4.78 is 5.29. The van der Waals surface area contributed by atoms with Crippen molar-refractivity contribution >= 4 is 17.6 Å². The van der Waals surface area contributed by atoms with Gasteiger partial charge in [-0.25, -0.2) is 4.99 Å². The molecule has 1 aromatic carbocycles. The van der Waals surface area contributed by atoms with E-state index in [9.17, 15) is 4.79 Å². The Bertz CT molecular complexity index is 668. The van der Waals surface area contributed by atoms with Crippen molar-refractivity contribution in [1.82, 2.24) is 10.6 Å². The van der Waals surface area contributed by atoms with E-state index in [4.69, 9.17) is 9.73 Å². The highest BCUT2D eigenvalue weighted by Gasteiger charge is 2.36. The lowest BCUT2D eigenvalue weighted by Crippen LogP contribution is -2.46. The van der Waals surface area contributed by atoms with Crippen molar-refractivity contribution in [2.24, 2.45) is 10.4 Å². The van der Waals surface area contributed by atoms with Gasteiger partial charge in [0.1, 0.15) is 0 Å². The van der Waals surface area contributed by atoms with E-state index < -0.39 is 0 Å². The van der Waals surface area contributed by atoms with E-state index in [1.165, 1.54) is 19.3 Å². The fourth-order valence-electron chi connectivity index (χ4n) is 4.00. The van der Waals surface area contributed by atoms with Gasteiger partial charge in [-0.15, -0.1) is 0 Å². The normalized spacial score (nSPS) is 18.9. The Kier molecular flexibility index (Phi) is 7.31. The second-order valence-corrected chi connectivity index (χ2v) is 7.96. The molecule has 0 spiro atoms. The molecule has 0 radical (unpaired) electrons. The quantitative estimate of drug-likeness (QED) is 0.506. The Morgan fingerprint density at radius 1 is 1.21 bits per heavy atom. The molecule has 1 aliphatic heterocycles. The molecule has 2 aliphatic rings. The lowest BCUT2D eigenvalue weighted by molar-refractivity contribution is -0.117. The van der Waals surface area contributed by atoms with Crippen LogP contribution in [-0.4, -0.2) is 45.2 Å². The number of aliphatic imine (C=N–C) groups is 1. The van der Waals surface area contributed by atoms with Gasteiger partial charge in [-0.2, -0.15) is 0 Å². The number of carbonyl (C=O) groups is 1. The number of nitrogens with zero attached hydrogens (tertiary/aromatic N) is 2. The molecule has 154 valence electrons. The van der Waals surface area contributed by atoms with Crippen LogP contribution in [0.3, 0.4) is 0 Å². The third-order valence-corrected chi connectivity index (χ3v) is 5.97. The van der Waals surface area contributed by atoms with Crippen LogP contribution < -0.4 is 15.5 Å². The number of carbonyl (C=O) groups excluding carboxylic acids is 1. The number of nitrogens with one attached hydrogen (secondary N) is 2. The number of rotatable bonds is 9. The first-order valence-electron chi connectivity index (χ1n) is 10.6. The van der Waals surface area contributed by atoms with Crippen LogP contribution in [0.1, 0.15) is 51.0 Å². The zero-order chi connectivity index (χ0) is 19.8. The largest absolute Gasteiger partial charge is 0.385 e. The lowest BCUT2D eigenvalue weighted by atomic mass is 9.67. The van der Waals surface area contributed by atoms with E-state index in [0.29, 0.717) is 18.4 Å². The van der Waals surface area contributed by atoms with Gasteiger partial charge in [0.25, 0.3) is 0 Å². The van der Waals surface area contributed by atoms with Gasteiger partial charge in [0.05, 0.1) is 6.54 Å². The summed E-state index contributed by atoms with van der Waals surface area (Å²) in [6.07, 6.45) is 6.56. The first kappa shape index (κ1) is 20.6. The Hall–Kier alpha value is -2.08. The highest BCUT2D eigenvalue weighted by atomic mass is 16.5. The maximum absolute atomic E-state index is 11.9. The van der Waals surface area contributed by atoms with Crippen molar-refractivity contribution < 1.29 is 9.53 Å². The number of hydrogen-bond donors (Lipinski definition) is 2. The molecule has 0 unspecified atom stereocenters. The monoisotopic (exact) mass is 386 g/mol. The van der Waals surface area contributed by atoms with Gasteiger partial charge < -0.3 is 20.3 Å². The van der Waals surface area contributed by atoms with Gasteiger partial charge in [-0.3, -0.25) is 4.79 Å². The predicted octanol–water partition coefficient (Wildman–Crippen LogP) is 3.08. The lowest BCUT2D eigenvalue weighted by Gasteiger charge is -2.42. The molecule has 1 amide bonds. The SMILES string of the molecule is CCNC(=NCc1ccc(N2CCCC2=O)cc1)NCC1(CCOC)CCC1. The van der Waals surface area contributed by atoms with Crippen molar-refractivity contribution in [2.75, 3.05) is 38.3 Å². The van der Waals surface area contributed by atoms with Gasteiger partial charge >= 0.3 is 0 Å². The van der Waals surface area contributed by atoms with Crippen LogP contribution in [0.15, 0.2) is 29.3 Å². The average Bonchev–Trinajstić information content (AvgIpc) is 3.11. The Labute approximate surface area is 168 Å². The van der Waals surface area contributed by atoms with Gasteiger partial charge in [-0.05, 0) is 55.7 Å². The predicted molar refractivity (Wildman–Crippen MR) is 114 cm³/mol. The Morgan fingerprint density at radius 3 is 2.57 bits per heavy atom. The number of amides is 1. The number of hydrogen-bond acceptors (Lipinski definition) is 3.